The molecule has 2 rings (SSSR count). The lowest BCUT2D eigenvalue weighted by molar-refractivity contribution is -0.228. The fourth-order valence-electron chi connectivity index (χ4n) is 4.81. The average molecular weight is 577 g/mol. The van der Waals surface area contributed by atoms with Gasteiger partial charge in [0.05, 0.1) is 18.1 Å². The number of carbonyl (C=O) groups is 4. The van der Waals surface area contributed by atoms with Crippen molar-refractivity contribution in [3.8, 4) is 0 Å². The van der Waals surface area contributed by atoms with Crippen LogP contribution in [0.5, 0.6) is 0 Å². The van der Waals surface area contributed by atoms with Crippen LogP contribution in [-0.4, -0.2) is 76.3 Å². The van der Waals surface area contributed by atoms with Crippen molar-refractivity contribution in [3.63, 3.8) is 0 Å². The van der Waals surface area contributed by atoms with Gasteiger partial charge in [-0.25, -0.2) is 4.79 Å². The topological polar surface area (TPSA) is 155 Å². The number of carbonyl (C=O) groups excluding carboxylic acids is 4. The Balaban J connectivity index is 2.33. The molecule has 1 saturated carbocycles. The quantitative estimate of drug-likeness (QED) is 0.200. The van der Waals surface area contributed by atoms with Gasteiger partial charge in [-0.15, -0.1) is 11.6 Å². The zero-order valence-electron chi connectivity index (χ0n) is 23.6. The Morgan fingerprint density at radius 1 is 1.03 bits per heavy atom. The van der Waals surface area contributed by atoms with Gasteiger partial charge in [0.25, 0.3) is 6.29 Å². The lowest BCUT2D eigenvalue weighted by Gasteiger charge is -2.43. The molecule has 0 aromatic heterocycles. The van der Waals surface area contributed by atoms with Crippen molar-refractivity contribution in [1.29, 1.82) is 0 Å². The molecule has 11 nitrogen and oxygen atoms in total. The lowest BCUT2D eigenvalue weighted by atomic mass is 9.77. The van der Waals surface area contributed by atoms with Crippen LogP contribution in [0.3, 0.4) is 0 Å². The summed E-state index contributed by atoms with van der Waals surface area (Å²) in [5.41, 5.74) is -4.03. The summed E-state index contributed by atoms with van der Waals surface area (Å²) in [5.74, 6) is -5.00. The molecule has 1 fully saturated rings. The number of esters is 4. The van der Waals surface area contributed by atoms with Crippen molar-refractivity contribution in [2.24, 2.45) is 23.7 Å². The highest BCUT2D eigenvalue weighted by atomic mass is 35.5. The summed E-state index contributed by atoms with van der Waals surface area (Å²) in [6.07, 6.45) is -2.99. The standard InChI is InChI=1S/C27H41ClO11/c1-14(2)8-20(30)38-22(16(5)6)24(32)35-11-18-12-36-25(39-21(31)9-15(3)4)23-26(18,33)10-19(37-17(7)29)27(23,34)13-28/h12,14-16,19,22-23,25,33-34H,8-11,13H2,1-7H3/t19-,22?,23-,25-,26-,27+/m0/s1. The summed E-state index contributed by atoms with van der Waals surface area (Å²) >= 11 is 6.13. The van der Waals surface area contributed by atoms with E-state index >= 15 is 0 Å². The number of rotatable bonds is 12. The lowest BCUT2D eigenvalue weighted by Crippen LogP contribution is -2.58. The van der Waals surface area contributed by atoms with Crippen LogP contribution in [0.1, 0.15) is 67.7 Å². The molecule has 0 spiro atoms. The molecule has 2 N–H and O–H groups in total. The largest absolute Gasteiger partial charge is 0.462 e. The van der Waals surface area contributed by atoms with Crippen molar-refractivity contribution < 1.29 is 53.1 Å². The van der Waals surface area contributed by atoms with Crippen LogP contribution in [0.4, 0.5) is 0 Å². The third kappa shape index (κ3) is 7.85. The molecule has 0 amide bonds. The molecule has 6 atom stereocenters. The van der Waals surface area contributed by atoms with Gasteiger partial charge in [0.2, 0.25) is 6.10 Å². The van der Waals surface area contributed by atoms with E-state index in [-0.39, 0.29) is 36.7 Å². The Hall–Kier alpha value is -2.37. The molecule has 1 aliphatic carbocycles. The number of ether oxygens (including phenoxy) is 5. The molecule has 0 aromatic carbocycles. The van der Waals surface area contributed by atoms with Crippen LogP contribution in [0.15, 0.2) is 11.8 Å². The second-order valence-corrected chi connectivity index (χ2v) is 11.7. The van der Waals surface area contributed by atoms with E-state index in [1.807, 2.05) is 27.7 Å². The third-order valence-electron chi connectivity index (χ3n) is 6.67. The first kappa shape index (κ1) is 32.8. The van der Waals surface area contributed by atoms with Crippen LogP contribution in [0.2, 0.25) is 0 Å². The van der Waals surface area contributed by atoms with E-state index in [0.29, 0.717) is 0 Å². The van der Waals surface area contributed by atoms with Crippen LogP contribution >= 0.6 is 11.6 Å². The molecule has 39 heavy (non-hydrogen) atoms. The molecule has 1 heterocycles. The molecular formula is C27H41ClO11. The van der Waals surface area contributed by atoms with E-state index in [1.54, 1.807) is 13.8 Å². The Morgan fingerprint density at radius 2 is 1.62 bits per heavy atom. The summed E-state index contributed by atoms with van der Waals surface area (Å²) in [4.78, 5) is 49.3. The maximum Gasteiger partial charge on any atom is 0.348 e. The van der Waals surface area contributed by atoms with Crippen LogP contribution < -0.4 is 0 Å². The SMILES string of the molecule is CC(=O)O[C@H]1C[C@]2(O)C(COC(=O)C(OC(=O)CC(C)C)C(C)C)=CO[C@@H](OC(=O)CC(C)C)[C@@H]2[C@@]1(O)CCl. The number of aliphatic hydroxyl groups is 2. The summed E-state index contributed by atoms with van der Waals surface area (Å²) in [6.45, 7) is 11.3. The molecule has 1 aliphatic heterocycles. The maximum atomic E-state index is 12.9. The van der Waals surface area contributed by atoms with Gasteiger partial charge in [0.15, 0.2) is 0 Å². The normalized spacial score (nSPS) is 28.8. The second kappa shape index (κ2) is 13.3. The average Bonchev–Trinajstić information content (AvgIpc) is 3.02. The number of halogens is 1. The second-order valence-electron chi connectivity index (χ2n) is 11.4. The highest BCUT2D eigenvalue weighted by molar-refractivity contribution is 6.18. The molecule has 2 aliphatic rings. The minimum atomic E-state index is -2.05. The fraction of sp³-hybridized carbons (Fsp3) is 0.778. The van der Waals surface area contributed by atoms with Gasteiger partial charge < -0.3 is 33.9 Å². The van der Waals surface area contributed by atoms with E-state index < -0.39 is 77.9 Å². The van der Waals surface area contributed by atoms with Crippen molar-refractivity contribution >= 4 is 35.5 Å². The monoisotopic (exact) mass is 576 g/mol. The van der Waals surface area contributed by atoms with Crippen molar-refractivity contribution in [2.45, 2.75) is 97.4 Å². The molecule has 0 radical (unpaired) electrons. The van der Waals surface area contributed by atoms with E-state index in [4.69, 9.17) is 35.3 Å². The smallest absolute Gasteiger partial charge is 0.348 e. The summed E-state index contributed by atoms with van der Waals surface area (Å²) in [5, 5.41) is 23.4. The van der Waals surface area contributed by atoms with Crippen LogP contribution in [0, 0.1) is 23.7 Å². The van der Waals surface area contributed by atoms with Gasteiger partial charge in [-0.1, -0.05) is 41.5 Å². The number of fused-ring (bicyclic) bond motifs is 1. The van der Waals surface area contributed by atoms with Crippen LogP contribution in [-0.2, 0) is 42.9 Å². The number of alkyl halides is 1. The Kier molecular flexibility index (Phi) is 11.2. The molecule has 12 heteroatoms. The van der Waals surface area contributed by atoms with Crippen molar-refractivity contribution in [2.75, 3.05) is 12.5 Å². The van der Waals surface area contributed by atoms with Gasteiger partial charge in [-0.3, -0.25) is 14.4 Å². The summed E-state index contributed by atoms with van der Waals surface area (Å²) in [7, 11) is 0. The first-order chi connectivity index (χ1) is 18.0. The highest BCUT2D eigenvalue weighted by Gasteiger charge is 2.69. The van der Waals surface area contributed by atoms with Gasteiger partial charge in [-0.05, 0) is 11.8 Å². The summed E-state index contributed by atoms with van der Waals surface area (Å²) < 4.78 is 27.1. The fourth-order valence-corrected chi connectivity index (χ4v) is 5.15. The minimum Gasteiger partial charge on any atom is -0.462 e. The zero-order valence-corrected chi connectivity index (χ0v) is 24.4. The minimum absolute atomic E-state index is 0.0196. The predicted octanol–water partition coefficient (Wildman–Crippen LogP) is 2.63. The Morgan fingerprint density at radius 3 is 2.13 bits per heavy atom. The van der Waals surface area contributed by atoms with E-state index in [0.717, 1.165) is 13.2 Å². The first-order valence-electron chi connectivity index (χ1n) is 13.1. The number of hydrogen-bond acceptors (Lipinski definition) is 11. The molecular weight excluding hydrogens is 536 g/mol. The highest BCUT2D eigenvalue weighted by Crippen LogP contribution is 2.53. The molecule has 0 aromatic rings. The maximum absolute atomic E-state index is 12.9. The molecule has 0 bridgehead atoms. The van der Waals surface area contributed by atoms with Crippen molar-refractivity contribution in [1.82, 2.24) is 0 Å². The van der Waals surface area contributed by atoms with Gasteiger partial charge in [0, 0.05) is 37.7 Å². The van der Waals surface area contributed by atoms with E-state index in [1.165, 1.54) is 0 Å². The van der Waals surface area contributed by atoms with Crippen molar-refractivity contribution in [3.05, 3.63) is 11.8 Å². The predicted molar refractivity (Wildman–Crippen MR) is 138 cm³/mol. The van der Waals surface area contributed by atoms with Gasteiger partial charge in [0.1, 0.15) is 23.9 Å². The number of hydrogen-bond donors (Lipinski definition) is 2. The Labute approximate surface area is 234 Å². The van der Waals surface area contributed by atoms with Crippen LogP contribution in [0.25, 0.3) is 0 Å². The molecule has 222 valence electrons. The van der Waals surface area contributed by atoms with E-state index in [2.05, 4.69) is 0 Å². The third-order valence-corrected chi connectivity index (χ3v) is 7.09. The first-order valence-corrected chi connectivity index (χ1v) is 13.7. The molecule has 1 unspecified atom stereocenters. The zero-order chi connectivity index (χ0) is 29.7. The Bertz CT molecular complexity index is 946. The summed E-state index contributed by atoms with van der Waals surface area (Å²) in [6, 6.07) is 0. The van der Waals surface area contributed by atoms with Gasteiger partial charge >= 0.3 is 23.9 Å². The van der Waals surface area contributed by atoms with Gasteiger partial charge in [-0.2, -0.15) is 0 Å². The van der Waals surface area contributed by atoms with E-state index in [9.17, 15) is 29.4 Å². The molecule has 0 saturated heterocycles.